The molecular weight excluding hydrogens is 226 g/mol. The van der Waals surface area contributed by atoms with Crippen LogP contribution in [0, 0.1) is 17.3 Å². The molecule has 0 bridgehead atoms. The monoisotopic (exact) mass is 245 g/mol. The van der Waals surface area contributed by atoms with Crippen LogP contribution in [0.1, 0.15) is 13.8 Å². The number of carbonyl (C=O) groups is 2. The lowest BCUT2D eigenvalue weighted by atomic mass is 10.1. The van der Waals surface area contributed by atoms with E-state index in [-0.39, 0.29) is 19.1 Å². The number of hydrogen-bond donors (Lipinski definition) is 3. The van der Waals surface area contributed by atoms with Crippen molar-refractivity contribution < 1.29 is 24.5 Å². The van der Waals surface area contributed by atoms with E-state index in [0.717, 1.165) is 0 Å². The highest BCUT2D eigenvalue weighted by atomic mass is 16.5. The predicted octanol–water partition coefficient (Wildman–Crippen LogP) is -0.532. The molecule has 0 aromatic carbocycles. The fourth-order valence-corrected chi connectivity index (χ4v) is 2.11. The zero-order chi connectivity index (χ0) is 13.1. The summed E-state index contributed by atoms with van der Waals surface area (Å²) in [7, 11) is 0. The molecule has 2 atom stereocenters. The Morgan fingerprint density at radius 3 is 2.41 bits per heavy atom. The van der Waals surface area contributed by atoms with Crippen LogP contribution in [0.15, 0.2) is 0 Å². The third-order valence-electron chi connectivity index (χ3n) is 3.16. The molecule has 6 heteroatoms. The van der Waals surface area contributed by atoms with Gasteiger partial charge in [-0.05, 0) is 5.41 Å². The molecule has 1 fully saturated rings. The number of carboxylic acid groups (broad SMARTS) is 1. The molecule has 0 aromatic rings. The number of aliphatic carboxylic acids is 1. The minimum absolute atomic E-state index is 0.0509. The van der Waals surface area contributed by atoms with Gasteiger partial charge in [0.2, 0.25) is 5.91 Å². The van der Waals surface area contributed by atoms with Gasteiger partial charge in [-0.15, -0.1) is 0 Å². The normalized spacial score (nSPS) is 25.4. The van der Waals surface area contributed by atoms with Gasteiger partial charge < -0.3 is 20.3 Å². The number of amides is 1. The molecule has 0 aromatic heterocycles. The molecule has 0 aliphatic heterocycles. The van der Waals surface area contributed by atoms with Crippen LogP contribution in [0.25, 0.3) is 0 Å². The predicted molar refractivity (Wildman–Crippen MR) is 59.3 cm³/mol. The van der Waals surface area contributed by atoms with Gasteiger partial charge in [0.1, 0.15) is 0 Å². The lowest BCUT2D eigenvalue weighted by Gasteiger charge is -2.06. The maximum atomic E-state index is 11.7. The van der Waals surface area contributed by atoms with Gasteiger partial charge >= 0.3 is 5.97 Å². The van der Waals surface area contributed by atoms with Crippen molar-refractivity contribution in [2.75, 3.05) is 26.4 Å². The second-order valence-electron chi connectivity index (χ2n) is 4.74. The van der Waals surface area contributed by atoms with Crippen molar-refractivity contribution in [3.63, 3.8) is 0 Å². The van der Waals surface area contributed by atoms with E-state index in [0.29, 0.717) is 13.2 Å². The molecule has 0 unspecified atom stereocenters. The largest absolute Gasteiger partial charge is 0.481 e. The fraction of sp³-hybridized carbons (Fsp3) is 0.818. The Kier molecular flexibility index (Phi) is 4.47. The standard InChI is InChI=1S/C11H19NO5/c1-11(2)7(8(11)10(15)16)9(14)12-3-5-17-6-4-13/h7-8,13H,3-6H2,1-2H3,(H,12,14)(H,15,16)/t7-,8+/m1/s1. The van der Waals surface area contributed by atoms with E-state index in [1.807, 2.05) is 0 Å². The number of nitrogens with one attached hydrogen (secondary N) is 1. The number of aliphatic hydroxyl groups is 1. The summed E-state index contributed by atoms with van der Waals surface area (Å²) in [6.07, 6.45) is 0. The van der Waals surface area contributed by atoms with Crippen LogP contribution in [-0.4, -0.2) is 48.5 Å². The van der Waals surface area contributed by atoms with Crippen LogP contribution < -0.4 is 5.32 Å². The van der Waals surface area contributed by atoms with Gasteiger partial charge in [-0.3, -0.25) is 9.59 Å². The molecule has 1 aliphatic carbocycles. The first-order valence-corrected chi connectivity index (χ1v) is 5.62. The van der Waals surface area contributed by atoms with Crippen molar-refractivity contribution in [1.82, 2.24) is 5.32 Å². The molecule has 1 aliphatic rings. The molecule has 0 saturated heterocycles. The lowest BCUT2D eigenvalue weighted by molar-refractivity contribution is -0.140. The van der Waals surface area contributed by atoms with Gasteiger partial charge in [0.25, 0.3) is 0 Å². The fourth-order valence-electron chi connectivity index (χ4n) is 2.11. The number of carboxylic acids is 1. The number of aliphatic hydroxyl groups excluding tert-OH is 1. The molecule has 1 saturated carbocycles. The van der Waals surface area contributed by atoms with Crippen molar-refractivity contribution >= 4 is 11.9 Å². The topological polar surface area (TPSA) is 95.9 Å². The Morgan fingerprint density at radius 2 is 1.94 bits per heavy atom. The van der Waals surface area contributed by atoms with E-state index in [9.17, 15) is 9.59 Å². The van der Waals surface area contributed by atoms with Crippen LogP contribution in [0.2, 0.25) is 0 Å². The van der Waals surface area contributed by atoms with Crippen molar-refractivity contribution in [2.45, 2.75) is 13.8 Å². The molecule has 98 valence electrons. The molecule has 6 nitrogen and oxygen atoms in total. The summed E-state index contributed by atoms with van der Waals surface area (Å²) in [5.41, 5.74) is -0.470. The van der Waals surface area contributed by atoms with Crippen molar-refractivity contribution in [2.24, 2.45) is 17.3 Å². The summed E-state index contributed by atoms with van der Waals surface area (Å²) < 4.78 is 4.98. The first-order chi connectivity index (χ1) is 7.92. The van der Waals surface area contributed by atoms with Gasteiger partial charge in [0.15, 0.2) is 0 Å². The van der Waals surface area contributed by atoms with Gasteiger partial charge in [-0.25, -0.2) is 0 Å². The quantitative estimate of drug-likeness (QED) is 0.524. The Balaban J connectivity index is 2.28. The minimum Gasteiger partial charge on any atom is -0.481 e. The Morgan fingerprint density at radius 1 is 1.29 bits per heavy atom. The molecule has 0 heterocycles. The van der Waals surface area contributed by atoms with Crippen molar-refractivity contribution in [3.8, 4) is 0 Å². The molecule has 0 spiro atoms. The number of ether oxygens (including phenoxy) is 1. The smallest absolute Gasteiger partial charge is 0.307 e. The maximum Gasteiger partial charge on any atom is 0.307 e. The highest BCUT2D eigenvalue weighted by Crippen LogP contribution is 2.58. The molecule has 17 heavy (non-hydrogen) atoms. The van der Waals surface area contributed by atoms with Crippen LogP contribution in [0.3, 0.4) is 0 Å². The summed E-state index contributed by atoms with van der Waals surface area (Å²) in [6.45, 7) is 4.39. The Bertz CT molecular complexity index is 302. The van der Waals surface area contributed by atoms with Crippen LogP contribution in [0.5, 0.6) is 0 Å². The first kappa shape index (κ1) is 13.9. The van der Waals surface area contributed by atoms with Gasteiger partial charge in [0, 0.05) is 6.54 Å². The maximum absolute atomic E-state index is 11.7. The van der Waals surface area contributed by atoms with Gasteiger partial charge in [0.05, 0.1) is 31.7 Å². The third-order valence-corrected chi connectivity index (χ3v) is 3.16. The van der Waals surface area contributed by atoms with E-state index >= 15 is 0 Å². The second-order valence-corrected chi connectivity index (χ2v) is 4.74. The zero-order valence-corrected chi connectivity index (χ0v) is 10.1. The Hall–Kier alpha value is -1.14. The summed E-state index contributed by atoms with van der Waals surface area (Å²) in [6, 6.07) is 0. The highest BCUT2D eigenvalue weighted by Gasteiger charge is 2.65. The number of rotatable bonds is 7. The summed E-state index contributed by atoms with van der Waals surface area (Å²) >= 11 is 0. The third kappa shape index (κ3) is 3.17. The van der Waals surface area contributed by atoms with Crippen LogP contribution in [-0.2, 0) is 14.3 Å². The highest BCUT2D eigenvalue weighted by molar-refractivity contribution is 5.91. The average Bonchev–Trinajstić information content (AvgIpc) is 2.81. The summed E-state index contributed by atoms with van der Waals surface area (Å²) in [5, 5.41) is 20.0. The SMILES string of the molecule is CC1(C)[C@H](C(=O)O)[C@@H]1C(=O)NCCOCCO. The number of carbonyl (C=O) groups excluding carboxylic acids is 1. The van der Waals surface area contributed by atoms with Crippen LogP contribution in [0.4, 0.5) is 0 Å². The average molecular weight is 245 g/mol. The molecular formula is C11H19NO5. The van der Waals surface area contributed by atoms with E-state index in [1.165, 1.54) is 0 Å². The van der Waals surface area contributed by atoms with Crippen molar-refractivity contribution in [1.29, 1.82) is 0 Å². The summed E-state index contributed by atoms with van der Waals surface area (Å²) in [4.78, 5) is 22.6. The molecule has 1 amide bonds. The van der Waals surface area contributed by atoms with E-state index < -0.39 is 23.2 Å². The van der Waals surface area contributed by atoms with Crippen LogP contribution >= 0.6 is 0 Å². The zero-order valence-electron chi connectivity index (χ0n) is 10.1. The van der Waals surface area contributed by atoms with Crippen molar-refractivity contribution in [3.05, 3.63) is 0 Å². The second kappa shape index (κ2) is 5.46. The van der Waals surface area contributed by atoms with E-state index in [2.05, 4.69) is 5.32 Å². The molecule has 1 rings (SSSR count). The lowest BCUT2D eigenvalue weighted by Crippen LogP contribution is -2.30. The Labute approximate surface area is 100.0 Å². The molecule has 3 N–H and O–H groups in total. The minimum atomic E-state index is -0.924. The number of hydrogen-bond acceptors (Lipinski definition) is 4. The first-order valence-electron chi connectivity index (χ1n) is 5.62. The molecule has 0 radical (unpaired) electrons. The van der Waals surface area contributed by atoms with E-state index in [4.69, 9.17) is 14.9 Å². The summed E-state index contributed by atoms with van der Waals surface area (Å²) in [5.74, 6) is -2.22. The van der Waals surface area contributed by atoms with Gasteiger partial charge in [-0.1, -0.05) is 13.8 Å². The van der Waals surface area contributed by atoms with E-state index in [1.54, 1.807) is 13.8 Å². The van der Waals surface area contributed by atoms with Gasteiger partial charge in [-0.2, -0.15) is 0 Å².